The molecule has 2 aromatic carbocycles. The number of anilines is 5. The Balaban J connectivity index is 1.47. The first-order chi connectivity index (χ1) is 13.7. The maximum atomic E-state index is 13.4. The van der Waals surface area contributed by atoms with Gasteiger partial charge < -0.3 is 15.5 Å². The molecular weight excluding hydrogens is 353 g/mol. The van der Waals surface area contributed by atoms with Crippen LogP contribution in [0.15, 0.2) is 54.6 Å². The molecule has 0 aliphatic carbocycles. The van der Waals surface area contributed by atoms with Crippen LogP contribution in [0.1, 0.15) is 25.0 Å². The summed E-state index contributed by atoms with van der Waals surface area (Å²) in [6.07, 6.45) is 3.86. The van der Waals surface area contributed by atoms with Crippen LogP contribution in [0, 0.1) is 12.7 Å². The van der Waals surface area contributed by atoms with E-state index in [9.17, 15) is 4.39 Å². The fraction of sp³-hybridized carbons (Fsp3) is 0.273. The van der Waals surface area contributed by atoms with Crippen LogP contribution in [0.4, 0.5) is 33.2 Å². The molecule has 2 heterocycles. The van der Waals surface area contributed by atoms with Crippen LogP contribution < -0.4 is 15.5 Å². The maximum absolute atomic E-state index is 13.4. The summed E-state index contributed by atoms with van der Waals surface area (Å²) in [5.74, 6) is 0.819. The van der Waals surface area contributed by atoms with Gasteiger partial charge in [-0.25, -0.2) is 9.37 Å². The smallest absolute Gasteiger partial charge is 0.229 e. The fourth-order valence-electron chi connectivity index (χ4n) is 3.44. The zero-order valence-electron chi connectivity index (χ0n) is 16.0. The third-order valence-corrected chi connectivity index (χ3v) is 4.80. The summed E-state index contributed by atoms with van der Waals surface area (Å²) in [5.41, 5.74) is 3.66. The second kappa shape index (κ2) is 8.25. The molecule has 2 N–H and O–H groups in total. The van der Waals surface area contributed by atoms with E-state index in [-0.39, 0.29) is 5.82 Å². The van der Waals surface area contributed by atoms with Crippen molar-refractivity contribution in [1.29, 1.82) is 0 Å². The van der Waals surface area contributed by atoms with Crippen molar-refractivity contribution < 1.29 is 4.39 Å². The Hall–Kier alpha value is -3.15. The first kappa shape index (κ1) is 18.2. The average Bonchev–Trinajstić information content (AvgIpc) is 2.69. The molecule has 1 fully saturated rings. The molecule has 28 heavy (non-hydrogen) atoms. The number of rotatable bonds is 5. The normalized spacial score (nSPS) is 14.0. The molecule has 0 radical (unpaired) electrons. The molecule has 0 unspecified atom stereocenters. The number of hydrogen-bond acceptors (Lipinski definition) is 5. The van der Waals surface area contributed by atoms with Gasteiger partial charge in [0.1, 0.15) is 11.6 Å². The molecule has 5 nitrogen and oxygen atoms in total. The lowest BCUT2D eigenvalue weighted by Gasteiger charge is -2.28. The summed E-state index contributed by atoms with van der Waals surface area (Å²) in [6, 6.07) is 16.6. The van der Waals surface area contributed by atoms with Crippen molar-refractivity contribution in [3.63, 3.8) is 0 Å². The lowest BCUT2D eigenvalue weighted by Crippen LogP contribution is -2.29. The van der Waals surface area contributed by atoms with Crippen LogP contribution in [0.5, 0.6) is 0 Å². The van der Waals surface area contributed by atoms with Crippen molar-refractivity contribution >= 4 is 28.8 Å². The van der Waals surface area contributed by atoms with Crippen molar-refractivity contribution in [2.75, 3.05) is 28.6 Å². The number of nitrogens with one attached hydrogen (secondary N) is 2. The number of nitrogens with zero attached hydrogens (tertiary/aromatic N) is 3. The maximum Gasteiger partial charge on any atom is 0.229 e. The van der Waals surface area contributed by atoms with Gasteiger partial charge in [-0.15, -0.1) is 0 Å². The van der Waals surface area contributed by atoms with E-state index in [0.29, 0.717) is 17.5 Å². The van der Waals surface area contributed by atoms with Crippen molar-refractivity contribution in [2.45, 2.75) is 26.2 Å². The van der Waals surface area contributed by atoms with Gasteiger partial charge in [0.2, 0.25) is 5.95 Å². The molecule has 1 aliphatic heterocycles. The predicted octanol–water partition coefficient (Wildman–Crippen LogP) is 5.40. The third-order valence-electron chi connectivity index (χ3n) is 4.80. The van der Waals surface area contributed by atoms with Crippen molar-refractivity contribution in [3.8, 4) is 0 Å². The molecule has 0 bridgehead atoms. The molecule has 0 atom stereocenters. The van der Waals surface area contributed by atoms with Gasteiger partial charge in [-0.3, -0.25) is 0 Å². The quantitative estimate of drug-likeness (QED) is 0.623. The van der Waals surface area contributed by atoms with E-state index in [2.05, 4.69) is 49.8 Å². The summed E-state index contributed by atoms with van der Waals surface area (Å²) in [4.78, 5) is 11.3. The molecule has 1 saturated heterocycles. The Labute approximate surface area is 164 Å². The minimum atomic E-state index is -0.301. The monoisotopic (exact) mass is 377 g/mol. The summed E-state index contributed by atoms with van der Waals surface area (Å²) in [5, 5.41) is 6.38. The molecule has 1 aliphatic rings. The van der Waals surface area contributed by atoms with Crippen LogP contribution in [0.25, 0.3) is 0 Å². The lowest BCUT2D eigenvalue weighted by molar-refractivity contribution is 0.578. The van der Waals surface area contributed by atoms with Gasteiger partial charge >= 0.3 is 0 Å². The van der Waals surface area contributed by atoms with Crippen molar-refractivity contribution in [1.82, 2.24) is 9.97 Å². The highest BCUT2D eigenvalue weighted by Crippen LogP contribution is 2.24. The SMILES string of the molecule is Cc1cc(Nc2ccc(N3CCCCC3)cc2)nc(Nc2cccc(F)c2)n1. The van der Waals surface area contributed by atoms with E-state index in [1.807, 2.05) is 13.0 Å². The van der Waals surface area contributed by atoms with Gasteiger partial charge in [0.25, 0.3) is 0 Å². The van der Waals surface area contributed by atoms with E-state index in [0.717, 1.165) is 24.5 Å². The molecule has 6 heteroatoms. The minimum absolute atomic E-state index is 0.301. The van der Waals surface area contributed by atoms with Gasteiger partial charge in [0.05, 0.1) is 0 Å². The molecule has 0 spiro atoms. The summed E-state index contributed by atoms with van der Waals surface area (Å²) in [6.45, 7) is 4.17. The molecule has 0 saturated carbocycles. The van der Waals surface area contributed by atoms with Gasteiger partial charge in [-0.1, -0.05) is 6.07 Å². The van der Waals surface area contributed by atoms with Gasteiger partial charge in [0, 0.05) is 41.9 Å². The van der Waals surface area contributed by atoms with Crippen LogP contribution in [0.2, 0.25) is 0 Å². The minimum Gasteiger partial charge on any atom is -0.372 e. The molecular formula is C22H24FN5. The Kier molecular flexibility index (Phi) is 5.37. The number of halogens is 1. The standard InChI is InChI=1S/C22H24FN5/c1-16-14-21(27-22(24-16)26-19-7-5-6-17(23)15-19)25-18-8-10-20(11-9-18)28-12-3-2-4-13-28/h5-11,14-15H,2-4,12-13H2,1H3,(H2,24,25,26,27). The number of benzene rings is 2. The average molecular weight is 377 g/mol. The fourth-order valence-corrected chi connectivity index (χ4v) is 3.44. The Morgan fingerprint density at radius 3 is 2.39 bits per heavy atom. The Morgan fingerprint density at radius 2 is 1.64 bits per heavy atom. The molecule has 144 valence electrons. The van der Waals surface area contributed by atoms with Crippen LogP contribution in [-0.4, -0.2) is 23.1 Å². The van der Waals surface area contributed by atoms with E-state index in [4.69, 9.17) is 0 Å². The number of piperidine rings is 1. The highest BCUT2D eigenvalue weighted by atomic mass is 19.1. The predicted molar refractivity (Wildman–Crippen MR) is 112 cm³/mol. The molecule has 3 aromatic rings. The van der Waals surface area contributed by atoms with Crippen LogP contribution >= 0.6 is 0 Å². The number of aryl methyl sites for hydroxylation is 1. The number of aromatic nitrogens is 2. The van der Waals surface area contributed by atoms with E-state index in [1.165, 1.54) is 37.1 Å². The van der Waals surface area contributed by atoms with E-state index in [1.54, 1.807) is 12.1 Å². The van der Waals surface area contributed by atoms with E-state index < -0.39 is 0 Å². The summed E-state index contributed by atoms with van der Waals surface area (Å²) in [7, 11) is 0. The van der Waals surface area contributed by atoms with Gasteiger partial charge in [0.15, 0.2) is 0 Å². The van der Waals surface area contributed by atoms with Crippen LogP contribution in [0.3, 0.4) is 0 Å². The highest BCUT2D eigenvalue weighted by Gasteiger charge is 2.11. The van der Waals surface area contributed by atoms with E-state index >= 15 is 0 Å². The largest absolute Gasteiger partial charge is 0.372 e. The van der Waals surface area contributed by atoms with Gasteiger partial charge in [-0.05, 0) is 68.7 Å². The van der Waals surface area contributed by atoms with Crippen molar-refractivity contribution in [3.05, 3.63) is 66.1 Å². The Bertz CT molecular complexity index is 936. The molecule has 1 aromatic heterocycles. The topological polar surface area (TPSA) is 53.1 Å². The zero-order chi connectivity index (χ0) is 19.3. The second-order valence-electron chi connectivity index (χ2n) is 7.07. The summed E-state index contributed by atoms with van der Waals surface area (Å²) < 4.78 is 13.4. The first-order valence-corrected chi connectivity index (χ1v) is 9.66. The first-order valence-electron chi connectivity index (χ1n) is 9.66. The molecule has 0 amide bonds. The zero-order valence-corrected chi connectivity index (χ0v) is 16.0. The summed E-state index contributed by atoms with van der Waals surface area (Å²) >= 11 is 0. The van der Waals surface area contributed by atoms with Crippen molar-refractivity contribution in [2.24, 2.45) is 0 Å². The third kappa shape index (κ3) is 4.57. The van der Waals surface area contributed by atoms with Crippen LogP contribution in [-0.2, 0) is 0 Å². The lowest BCUT2D eigenvalue weighted by atomic mass is 10.1. The second-order valence-corrected chi connectivity index (χ2v) is 7.07. The van der Waals surface area contributed by atoms with Gasteiger partial charge in [-0.2, -0.15) is 4.98 Å². The highest BCUT2D eigenvalue weighted by molar-refractivity contribution is 5.63. The Morgan fingerprint density at radius 1 is 0.857 bits per heavy atom. The molecule has 4 rings (SSSR count). The number of hydrogen-bond donors (Lipinski definition) is 2.